The molecule has 0 bridgehead atoms. The molecule has 3 unspecified atom stereocenters. The Morgan fingerprint density at radius 3 is 1.35 bits per heavy atom. The number of amides is 1. The van der Waals surface area contributed by atoms with Crippen LogP contribution in [0.15, 0.2) is 24.3 Å². The van der Waals surface area contributed by atoms with Gasteiger partial charge < -0.3 is 15.5 Å². The maximum Gasteiger partial charge on any atom is 0.267 e. The standard InChI is InChI=1S/C41H79NO6S/c1-3-5-7-9-11-13-15-17-19-21-23-25-27-29-31-33-35-39(43)38(37-49(46,47)48)42-41(45)40(44)36-34-32-30-28-26-24-22-20-18-16-14-12-10-8-6-4-2/h25,27,33,35,38-40,43-44H,3-24,26,28-32,34,36-37H2,1-2H3,(H,42,45)(H,46,47,48)/b27-25+,35-33+. The number of hydrogen-bond donors (Lipinski definition) is 4. The van der Waals surface area contributed by atoms with Gasteiger partial charge >= 0.3 is 0 Å². The van der Waals surface area contributed by atoms with Crippen LogP contribution in [0.4, 0.5) is 0 Å². The highest BCUT2D eigenvalue weighted by Gasteiger charge is 2.27. The Labute approximate surface area is 303 Å². The van der Waals surface area contributed by atoms with Crippen LogP contribution in [0.2, 0.25) is 0 Å². The summed E-state index contributed by atoms with van der Waals surface area (Å²) in [5.41, 5.74) is 0. The van der Waals surface area contributed by atoms with Gasteiger partial charge in [0.15, 0.2) is 0 Å². The summed E-state index contributed by atoms with van der Waals surface area (Å²) >= 11 is 0. The molecule has 0 fully saturated rings. The molecule has 3 atom stereocenters. The van der Waals surface area contributed by atoms with Gasteiger partial charge in [0.25, 0.3) is 10.1 Å². The second-order valence-corrected chi connectivity index (χ2v) is 15.9. The molecule has 1 amide bonds. The molecule has 0 saturated heterocycles. The average molecular weight is 714 g/mol. The van der Waals surface area contributed by atoms with Crippen molar-refractivity contribution in [2.45, 2.75) is 225 Å². The minimum Gasteiger partial charge on any atom is -0.387 e. The third-order valence-corrected chi connectivity index (χ3v) is 10.3. The van der Waals surface area contributed by atoms with Crippen molar-refractivity contribution in [3.8, 4) is 0 Å². The zero-order chi connectivity index (χ0) is 36.3. The maximum absolute atomic E-state index is 12.6. The van der Waals surface area contributed by atoms with Gasteiger partial charge in [0, 0.05) is 0 Å². The summed E-state index contributed by atoms with van der Waals surface area (Å²) in [4.78, 5) is 12.6. The number of nitrogens with one attached hydrogen (secondary N) is 1. The SMILES string of the molecule is CCCCCCCCCCCC/C=C/CC/C=C/C(O)C(CS(=O)(=O)O)NC(=O)C(O)CCCCCCCCCCCCCCCCCC. The molecule has 0 radical (unpaired) electrons. The number of carbonyl (C=O) groups excluding carboxylic acids is 1. The van der Waals surface area contributed by atoms with Crippen molar-refractivity contribution in [1.82, 2.24) is 5.32 Å². The minimum absolute atomic E-state index is 0.278. The summed E-state index contributed by atoms with van der Waals surface area (Å²) in [6, 6.07) is -1.24. The Morgan fingerprint density at radius 1 is 0.551 bits per heavy atom. The second-order valence-electron chi connectivity index (χ2n) is 14.4. The van der Waals surface area contributed by atoms with E-state index in [2.05, 4.69) is 31.3 Å². The summed E-state index contributed by atoms with van der Waals surface area (Å²) in [6.45, 7) is 4.51. The fraction of sp³-hybridized carbons (Fsp3) is 0.878. The number of unbranched alkanes of at least 4 members (excludes halogenated alkanes) is 26. The number of carbonyl (C=O) groups is 1. The van der Waals surface area contributed by atoms with Crippen LogP contribution in [-0.2, 0) is 14.9 Å². The van der Waals surface area contributed by atoms with E-state index >= 15 is 0 Å². The lowest BCUT2D eigenvalue weighted by Gasteiger charge is -2.22. The average Bonchev–Trinajstić information content (AvgIpc) is 3.06. The van der Waals surface area contributed by atoms with Crippen LogP contribution >= 0.6 is 0 Å². The van der Waals surface area contributed by atoms with Crippen molar-refractivity contribution in [2.24, 2.45) is 0 Å². The molecule has 0 spiro atoms. The summed E-state index contributed by atoms with van der Waals surface area (Å²) in [7, 11) is -4.45. The molecule has 0 heterocycles. The van der Waals surface area contributed by atoms with Crippen LogP contribution in [0.1, 0.15) is 206 Å². The van der Waals surface area contributed by atoms with Crippen molar-refractivity contribution in [2.75, 3.05) is 5.75 Å². The molecular weight excluding hydrogens is 635 g/mol. The molecule has 49 heavy (non-hydrogen) atoms. The normalized spacial score (nSPS) is 14.1. The highest BCUT2D eigenvalue weighted by atomic mass is 32.2. The summed E-state index contributed by atoms with van der Waals surface area (Å²) < 4.78 is 32.5. The minimum atomic E-state index is -4.45. The van der Waals surface area contributed by atoms with Gasteiger partial charge in [0.2, 0.25) is 5.91 Å². The first-order chi connectivity index (χ1) is 23.7. The predicted octanol–water partition coefficient (Wildman–Crippen LogP) is 10.9. The Morgan fingerprint density at radius 2 is 0.918 bits per heavy atom. The van der Waals surface area contributed by atoms with Crippen molar-refractivity contribution in [1.29, 1.82) is 0 Å². The second kappa shape index (κ2) is 35.2. The van der Waals surface area contributed by atoms with E-state index in [0.717, 1.165) is 32.1 Å². The zero-order valence-corrected chi connectivity index (χ0v) is 32.8. The molecular formula is C41H79NO6S. The van der Waals surface area contributed by atoms with Gasteiger partial charge in [-0.1, -0.05) is 199 Å². The van der Waals surface area contributed by atoms with Crippen LogP contribution in [0, 0.1) is 0 Å². The van der Waals surface area contributed by atoms with E-state index in [1.54, 1.807) is 6.08 Å². The molecule has 0 aromatic heterocycles. The number of aliphatic hydroxyl groups excluding tert-OH is 2. The Kier molecular flexibility index (Phi) is 34.3. The first-order valence-electron chi connectivity index (χ1n) is 20.6. The number of hydrogen-bond acceptors (Lipinski definition) is 5. The van der Waals surface area contributed by atoms with E-state index in [4.69, 9.17) is 0 Å². The predicted molar refractivity (Wildman–Crippen MR) is 208 cm³/mol. The van der Waals surface area contributed by atoms with Gasteiger partial charge in [0.1, 0.15) is 6.10 Å². The van der Waals surface area contributed by atoms with Crippen molar-refractivity contribution in [3.05, 3.63) is 24.3 Å². The summed E-state index contributed by atoms with van der Waals surface area (Å²) in [5.74, 6) is -1.55. The highest BCUT2D eigenvalue weighted by molar-refractivity contribution is 7.85. The van der Waals surface area contributed by atoms with Crippen LogP contribution in [0.25, 0.3) is 0 Å². The Balaban J connectivity index is 4.07. The molecule has 0 saturated carbocycles. The van der Waals surface area contributed by atoms with Gasteiger partial charge in [-0.2, -0.15) is 8.42 Å². The van der Waals surface area contributed by atoms with Gasteiger partial charge in [-0.3, -0.25) is 9.35 Å². The van der Waals surface area contributed by atoms with Gasteiger partial charge in [0.05, 0.1) is 17.9 Å². The summed E-state index contributed by atoms with van der Waals surface area (Å²) in [6.07, 6.45) is 40.9. The topological polar surface area (TPSA) is 124 Å². The lowest BCUT2D eigenvalue weighted by molar-refractivity contribution is -0.130. The third kappa shape index (κ3) is 35.0. The van der Waals surface area contributed by atoms with E-state index in [-0.39, 0.29) is 6.42 Å². The van der Waals surface area contributed by atoms with Crippen molar-refractivity contribution < 1.29 is 28.0 Å². The molecule has 7 nitrogen and oxygen atoms in total. The maximum atomic E-state index is 12.6. The molecule has 0 aliphatic heterocycles. The van der Waals surface area contributed by atoms with Crippen LogP contribution < -0.4 is 5.32 Å². The lowest BCUT2D eigenvalue weighted by atomic mass is 10.0. The molecule has 8 heteroatoms. The number of aliphatic hydroxyl groups is 2. The lowest BCUT2D eigenvalue weighted by Crippen LogP contribution is -2.50. The Hall–Kier alpha value is -1.22. The number of rotatable bonds is 37. The van der Waals surface area contributed by atoms with Crippen molar-refractivity contribution in [3.63, 3.8) is 0 Å². The largest absolute Gasteiger partial charge is 0.387 e. The van der Waals surface area contributed by atoms with Gasteiger partial charge in [-0.25, -0.2) is 0 Å². The van der Waals surface area contributed by atoms with Crippen molar-refractivity contribution >= 4 is 16.0 Å². The summed E-state index contributed by atoms with van der Waals surface area (Å²) in [5, 5.41) is 23.4. The molecule has 0 aromatic carbocycles. The Bertz CT molecular complexity index is 890. The van der Waals surface area contributed by atoms with E-state index in [9.17, 15) is 28.0 Å². The third-order valence-electron chi connectivity index (χ3n) is 9.49. The van der Waals surface area contributed by atoms with Crippen LogP contribution in [0.3, 0.4) is 0 Å². The van der Waals surface area contributed by atoms with E-state index in [0.29, 0.717) is 12.8 Å². The van der Waals surface area contributed by atoms with E-state index < -0.39 is 40.0 Å². The molecule has 4 N–H and O–H groups in total. The first kappa shape index (κ1) is 47.8. The van der Waals surface area contributed by atoms with Gasteiger partial charge in [-0.15, -0.1) is 0 Å². The molecule has 290 valence electrons. The van der Waals surface area contributed by atoms with E-state index in [1.165, 1.54) is 147 Å². The monoisotopic (exact) mass is 714 g/mol. The van der Waals surface area contributed by atoms with E-state index in [1.807, 2.05) is 0 Å². The number of allylic oxidation sites excluding steroid dienone is 3. The first-order valence-corrected chi connectivity index (χ1v) is 22.3. The fourth-order valence-corrected chi connectivity index (χ4v) is 7.03. The molecule has 0 aromatic rings. The highest BCUT2D eigenvalue weighted by Crippen LogP contribution is 2.15. The molecule has 0 rings (SSSR count). The molecule has 0 aliphatic rings. The quantitative estimate of drug-likeness (QED) is 0.0289. The van der Waals surface area contributed by atoms with Gasteiger partial charge in [-0.05, 0) is 32.1 Å². The zero-order valence-electron chi connectivity index (χ0n) is 31.9. The molecule has 0 aliphatic carbocycles. The van der Waals surface area contributed by atoms with Crippen LogP contribution in [0.5, 0.6) is 0 Å². The smallest absolute Gasteiger partial charge is 0.267 e. The fourth-order valence-electron chi connectivity index (χ4n) is 6.30. The van der Waals surface area contributed by atoms with Crippen LogP contribution in [-0.4, -0.2) is 53.1 Å².